The minimum absolute atomic E-state index is 0.102. The molecule has 0 radical (unpaired) electrons. The van der Waals surface area contributed by atoms with Crippen molar-refractivity contribution in [2.75, 3.05) is 33.4 Å². The van der Waals surface area contributed by atoms with E-state index >= 15 is 0 Å². The first-order valence-corrected chi connectivity index (χ1v) is 15.5. The third-order valence-corrected chi connectivity index (χ3v) is 9.27. The van der Waals surface area contributed by atoms with Crippen LogP contribution in [0.3, 0.4) is 0 Å². The van der Waals surface area contributed by atoms with Crippen molar-refractivity contribution < 1.29 is 28.8 Å². The summed E-state index contributed by atoms with van der Waals surface area (Å²) in [5.74, 6) is 2.14. The molecule has 2 aromatic heterocycles. The molecular weight excluding hydrogens is 584 g/mol. The van der Waals surface area contributed by atoms with Crippen molar-refractivity contribution in [2.45, 2.75) is 57.4 Å². The van der Waals surface area contributed by atoms with Crippen molar-refractivity contribution in [2.24, 2.45) is 0 Å². The van der Waals surface area contributed by atoms with Crippen LogP contribution in [-0.2, 0) is 30.9 Å². The number of methoxy groups -OCH3 is 1. The Kier molecular flexibility index (Phi) is 8.05. The zero-order chi connectivity index (χ0) is 30.2. The highest BCUT2D eigenvalue weighted by atomic mass is 35.5. The maximum Gasteiger partial charge on any atom is 0.335 e. The second-order valence-electron chi connectivity index (χ2n) is 11.6. The molecule has 0 aliphatic carbocycles. The Balaban J connectivity index is 1.03. The van der Waals surface area contributed by atoms with Gasteiger partial charge in [-0.1, -0.05) is 23.7 Å². The molecule has 4 aromatic rings. The van der Waals surface area contributed by atoms with Gasteiger partial charge in [0, 0.05) is 46.9 Å². The monoisotopic (exact) mass is 618 g/mol. The van der Waals surface area contributed by atoms with Crippen molar-refractivity contribution >= 4 is 28.6 Å². The number of fused-ring (bicyclic) bond motifs is 2. The fourth-order valence-electron chi connectivity index (χ4n) is 6.39. The van der Waals surface area contributed by atoms with E-state index in [0.29, 0.717) is 49.4 Å². The zero-order valence-electron chi connectivity index (χ0n) is 24.6. The number of carboxylic acid groups (broad SMARTS) is 1. The lowest BCUT2D eigenvalue weighted by molar-refractivity contribution is -0.0592. The van der Waals surface area contributed by atoms with Gasteiger partial charge in [0.2, 0.25) is 5.88 Å². The predicted molar refractivity (Wildman–Crippen MR) is 164 cm³/mol. The number of hydrogen-bond acceptors (Lipinski definition) is 8. The van der Waals surface area contributed by atoms with Crippen molar-refractivity contribution in [3.8, 4) is 17.4 Å². The van der Waals surface area contributed by atoms with E-state index in [9.17, 15) is 9.90 Å². The van der Waals surface area contributed by atoms with Gasteiger partial charge >= 0.3 is 5.97 Å². The summed E-state index contributed by atoms with van der Waals surface area (Å²) in [6.45, 7) is 4.85. The van der Waals surface area contributed by atoms with Crippen LogP contribution in [-0.4, -0.2) is 70.0 Å². The third-order valence-electron chi connectivity index (χ3n) is 8.92. The van der Waals surface area contributed by atoms with E-state index in [1.54, 1.807) is 13.2 Å². The van der Waals surface area contributed by atoms with Crippen LogP contribution in [0.5, 0.6) is 17.4 Å². The van der Waals surface area contributed by atoms with Gasteiger partial charge in [0.15, 0.2) is 0 Å². The number of nitrogens with zero attached hydrogens (tertiary/aromatic N) is 4. The lowest BCUT2D eigenvalue weighted by Crippen LogP contribution is -2.35. The normalized spacial score (nSPS) is 18.5. The number of piperidine rings is 1. The lowest BCUT2D eigenvalue weighted by Gasteiger charge is -2.32. The molecule has 230 valence electrons. The number of ether oxygens (including phenoxy) is 4. The van der Waals surface area contributed by atoms with Crippen LogP contribution >= 0.6 is 11.6 Å². The Labute approximate surface area is 260 Å². The third kappa shape index (κ3) is 5.69. The van der Waals surface area contributed by atoms with Gasteiger partial charge in [-0.25, -0.2) is 14.8 Å². The number of hydrogen-bond donors (Lipinski definition) is 1. The van der Waals surface area contributed by atoms with Gasteiger partial charge < -0.3 is 28.6 Å². The van der Waals surface area contributed by atoms with E-state index in [1.807, 2.05) is 24.3 Å². The second kappa shape index (κ2) is 12.3. The SMILES string of the molecule is COc1cc(C(=O)O)cc2c1nc(CN1CCC(c3cccc(OCc4ccc(Cl)c5c4OCC5)n3)CC1)n2C[C@@H]1CCO1. The molecule has 3 aliphatic rings. The number of carboxylic acids is 1. The number of imidazole rings is 1. The topological polar surface area (TPSA) is 108 Å². The summed E-state index contributed by atoms with van der Waals surface area (Å²) in [6, 6.07) is 13.1. The Morgan fingerprint density at radius 2 is 1.95 bits per heavy atom. The summed E-state index contributed by atoms with van der Waals surface area (Å²) in [5.41, 5.74) is 4.70. The molecule has 1 atom stereocenters. The van der Waals surface area contributed by atoms with Crippen LogP contribution < -0.4 is 14.2 Å². The summed E-state index contributed by atoms with van der Waals surface area (Å²) < 4.78 is 25.3. The van der Waals surface area contributed by atoms with Crippen molar-refractivity contribution in [3.63, 3.8) is 0 Å². The first-order chi connectivity index (χ1) is 21.5. The van der Waals surface area contributed by atoms with Crippen molar-refractivity contribution in [1.29, 1.82) is 0 Å². The van der Waals surface area contributed by atoms with Gasteiger partial charge in [-0.2, -0.15) is 0 Å². The van der Waals surface area contributed by atoms with E-state index in [2.05, 4.69) is 15.5 Å². The molecule has 1 N–H and O–H groups in total. The summed E-state index contributed by atoms with van der Waals surface area (Å²) in [4.78, 5) is 24.0. The van der Waals surface area contributed by atoms with E-state index in [1.165, 1.54) is 6.07 Å². The maximum absolute atomic E-state index is 11.8. The number of aromatic nitrogens is 3. The van der Waals surface area contributed by atoms with Gasteiger partial charge in [-0.05, 0) is 56.6 Å². The fourth-order valence-corrected chi connectivity index (χ4v) is 6.63. The van der Waals surface area contributed by atoms with Gasteiger partial charge in [0.05, 0.1) is 44.0 Å². The summed E-state index contributed by atoms with van der Waals surface area (Å²) >= 11 is 6.33. The van der Waals surface area contributed by atoms with Gasteiger partial charge in [-0.15, -0.1) is 0 Å². The second-order valence-corrected chi connectivity index (χ2v) is 12.0. The minimum Gasteiger partial charge on any atom is -0.494 e. The lowest BCUT2D eigenvalue weighted by atomic mass is 9.93. The first kappa shape index (κ1) is 28.9. The quantitative estimate of drug-likeness (QED) is 0.247. The summed E-state index contributed by atoms with van der Waals surface area (Å²) in [5, 5.41) is 10.4. The predicted octanol–water partition coefficient (Wildman–Crippen LogP) is 5.47. The van der Waals surface area contributed by atoms with E-state index < -0.39 is 5.97 Å². The highest BCUT2D eigenvalue weighted by molar-refractivity contribution is 6.31. The molecule has 10 nitrogen and oxygen atoms in total. The molecule has 44 heavy (non-hydrogen) atoms. The number of pyridine rings is 1. The smallest absolute Gasteiger partial charge is 0.335 e. The van der Waals surface area contributed by atoms with Crippen LogP contribution in [0.2, 0.25) is 5.02 Å². The Morgan fingerprint density at radius 1 is 1.11 bits per heavy atom. The molecule has 11 heteroatoms. The highest BCUT2D eigenvalue weighted by Crippen LogP contribution is 2.36. The van der Waals surface area contributed by atoms with Crippen LogP contribution in [0.25, 0.3) is 11.0 Å². The van der Waals surface area contributed by atoms with Crippen molar-refractivity contribution in [3.05, 3.63) is 75.7 Å². The molecule has 2 fully saturated rings. The highest BCUT2D eigenvalue weighted by Gasteiger charge is 2.27. The number of halogens is 1. The molecule has 5 heterocycles. The first-order valence-electron chi connectivity index (χ1n) is 15.1. The molecule has 2 saturated heterocycles. The Bertz CT molecular complexity index is 1700. The zero-order valence-corrected chi connectivity index (χ0v) is 25.4. The fraction of sp³-hybridized carbons (Fsp3) is 0.424. The van der Waals surface area contributed by atoms with Crippen LogP contribution in [0.15, 0.2) is 42.5 Å². The number of benzene rings is 2. The van der Waals surface area contributed by atoms with E-state index in [0.717, 1.165) is 84.3 Å². The molecule has 0 saturated carbocycles. The molecule has 2 aromatic carbocycles. The van der Waals surface area contributed by atoms with E-state index in [4.69, 9.17) is 40.5 Å². The minimum atomic E-state index is -0.993. The molecule has 0 amide bonds. The number of likely N-dealkylation sites (tertiary alicyclic amines) is 1. The number of aromatic carboxylic acids is 1. The standard InChI is InChI=1S/C33H35ClN4O6/c1-41-28-16-22(33(39)40)15-27-31(28)36-29(38(27)17-23-9-13-42-23)18-37-11-7-20(8-12-37)26-3-2-4-30(35-26)44-19-21-5-6-25(34)24-10-14-43-32(21)24/h2-6,15-16,20,23H,7-14,17-19H2,1H3,(H,39,40)/t23-/m0/s1. The number of rotatable bonds is 10. The summed E-state index contributed by atoms with van der Waals surface area (Å²) in [7, 11) is 1.55. The molecule has 0 bridgehead atoms. The molecule has 0 spiro atoms. The van der Waals surface area contributed by atoms with Crippen LogP contribution in [0, 0.1) is 0 Å². The average molecular weight is 619 g/mol. The van der Waals surface area contributed by atoms with Gasteiger partial charge in [-0.3, -0.25) is 4.90 Å². The molecular formula is C33H35ClN4O6. The molecule has 7 rings (SSSR count). The Morgan fingerprint density at radius 3 is 2.70 bits per heavy atom. The van der Waals surface area contributed by atoms with Crippen LogP contribution in [0.4, 0.5) is 0 Å². The maximum atomic E-state index is 11.8. The molecule has 0 unspecified atom stereocenters. The largest absolute Gasteiger partial charge is 0.494 e. The van der Waals surface area contributed by atoms with Gasteiger partial charge in [0.25, 0.3) is 0 Å². The average Bonchev–Trinajstić information content (AvgIpc) is 3.64. The van der Waals surface area contributed by atoms with Crippen molar-refractivity contribution in [1.82, 2.24) is 19.4 Å². The molecule has 3 aliphatic heterocycles. The van der Waals surface area contributed by atoms with Crippen LogP contribution in [0.1, 0.15) is 58.2 Å². The van der Waals surface area contributed by atoms with Gasteiger partial charge in [0.1, 0.15) is 29.4 Å². The number of carbonyl (C=O) groups is 1. The van der Waals surface area contributed by atoms with E-state index in [-0.39, 0.29) is 11.7 Å². The Hall–Kier alpha value is -3.86. The summed E-state index contributed by atoms with van der Waals surface area (Å²) in [6.07, 6.45) is 3.83.